The van der Waals surface area contributed by atoms with Gasteiger partial charge in [-0.15, -0.1) is 0 Å². The second-order valence-electron chi connectivity index (χ2n) is 1.95. The molecule has 0 saturated heterocycles. The average Bonchev–Trinajstić information content (AvgIpc) is 1.87. The van der Waals surface area contributed by atoms with Gasteiger partial charge in [0.25, 0.3) is 0 Å². The fourth-order valence-corrected chi connectivity index (χ4v) is 0.488. The van der Waals surface area contributed by atoms with Crippen molar-refractivity contribution in [2.75, 3.05) is 14.1 Å². The van der Waals surface area contributed by atoms with E-state index in [9.17, 15) is 0 Å². The predicted molar refractivity (Wildman–Crippen MR) is 41.8 cm³/mol. The highest BCUT2D eigenvalue weighted by Crippen LogP contribution is 1.93. The van der Waals surface area contributed by atoms with Gasteiger partial charge in [-0.2, -0.15) is 0 Å². The third-order valence-corrected chi connectivity index (χ3v) is 1.29. The largest absolute Gasteiger partial charge is 0.391 e. The minimum Gasteiger partial charge on any atom is -0.391 e. The number of hydrogen-bond acceptors (Lipinski definition) is 2. The van der Waals surface area contributed by atoms with Gasteiger partial charge < -0.3 is 5.32 Å². The summed E-state index contributed by atoms with van der Waals surface area (Å²) in [6.07, 6.45) is 1.84. The van der Waals surface area contributed by atoms with E-state index in [1.54, 1.807) is 7.05 Å². The summed E-state index contributed by atoms with van der Waals surface area (Å²) in [5, 5.41) is 3.04. The molecule has 0 bridgehead atoms. The zero-order valence-electron chi connectivity index (χ0n) is 6.52. The highest BCUT2D eigenvalue weighted by atomic mass is 14.8. The number of allylic oxidation sites excluding steroid dienone is 2. The summed E-state index contributed by atoms with van der Waals surface area (Å²) < 4.78 is 0. The van der Waals surface area contributed by atoms with Crippen molar-refractivity contribution in [3.63, 3.8) is 0 Å². The number of aliphatic imine (C=N–C) groups is 1. The van der Waals surface area contributed by atoms with Crippen LogP contribution in [0.2, 0.25) is 0 Å². The Kier molecular flexibility index (Phi) is 3.76. The van der Waals surface area contributed by atoms with E-state index in [-0.39, 0.29) is 0 Å². The monoisotopic (exact) mass is 126 g/mol. The Bertz CT molecular complexity index is 134. The highest BCUT2D eigenvalue weighted by Gasteiger charge is 1.86. The fourth-order valence-electron chi connectivity index (χ4n) is 0.488. The molecule has 0 spiro atoms. The predicted octanol–water partition coefficient (Wildman–Crippen LogP) is 1.20. The van der Waals surface area contributed by atoms with Crippen LogP contribution in [0.3, 0.4) is 0 Å². The summed E-state index contributed by atoms with van der Waals surface area (Å²) in [5.41, 5.74) is 2.35. The van der Waals surface area contributed by atoms with E-state index in [1.807, 2.05) is 27.1 Å². The topological polar surface area (TPSA) is 24.4 Å². The first kappa shape index (κ1) is 8.21. The van der Waals surface area contributed by atoms with Crippen molar-refractivity contribution in [1.29, 1.82) is 0 Å². The first-order valence-electron chi connectivity index (χ1n) is 2.99. The van der Waals surface area contributed by atoms with Crippen LogP contribution in [0.25, 0.3) is 0 Å². The van der Waals surface area contributed by atoms with Gasteiger partial charge in [0.05, 0.1) is 0 Å². The van der Waals surface area contributed by atoms with E-state index in [4.69, 9.17) is 0 Å². The van der Waals surface area contributed by atoms with E-state index in [1.165, 1.54) is 11.3 Å². The SMILES string of the molecule is CN=C/C(C)=C(\C)NC. The number of hydrogen-bond donors (Lipinski definition) is 1. The second-order valence-corrected chi connectivity index (χ2v) is 1.95. The summed E-state index contributed by atoms with van der Waals surface area (Å²) >= 11 is 0. The van der Waals surface area contributed by atoms with Crippen molar-refractivity contribution in [2.24, 2.45) is 4.99 Å². The zero-order valence-corrected chi connectivity index (χ0v) is 6.52. The lowest BCUT2D eigenvalue weighted by molar-refractivity contribution is 0.975. The van der Waals surface area contributed by atoms with Gasteiger partial charge in [-0.1, -0.05) is 0 Å². The smallest absolute Gasteiger partial charge is 0.0277 e. The molecule has 0 atom stereocenters. The Morgan fingerprint density at radius 3 is 2.33 bits per heavy atom. The quantitative estimate of drug-likeness (QED) is 0.552. The number of nitrogens with zero attached hydrogens (tertiary/aromatic N) is 1. The van der Waals surface area contributed by atoms with Crippen LogP contribution < -0.4 is 5.32 Å². The van der Waals surface area contributed by atoms with Crippen LogP contribution in [0.15, 0.2) is 16.3 Å². The lowest BCUT2D eigenvalue weighted by Crippen LogP contribution is -2.04. The Balaban J connectivity index is 4.10. The summed E-state index contributed by atoms with van der Waals surface area (Å²) in [5.74, 6) is 0. The van der Waals surface area contributed by atoms with Crippen LogP contribution >= 0.6 is 0 Å². The molecule has 0 rings (SSSR count). The summed E-state index contributed by atoms with van der Waals surface area (Å²) in [6.45, 7) is 4.05. The molecular formula is C7H14N2. The summed E-state index contributed by atoms with van der Waals surface area (Å²) in [6, 6.07) is 0. The molecule has 0 aliphatic rings. The first-order chi connectivity index (χ1) is 4.22. The standard InChI is InChI=1S/C7H14N2/c1-6(5-8-3)7(2)9-4/h5,9H,1-4H3/b7-6+,8-5?. The van der Waals surface area contributed by atoms with Crippen molar-refractivity contribution in [1.82, 2.24) is 5.32 Å². The first-order valence-corrected chi connectivity index (χ1v) is 2.99. The van der Waals surface area contributed by atoms with Gasteiger partial charge in [0.1, 0.15) is 0 Å². The van der Waals surface area contributed by atoms with Crippen molar-refractivity contribution in [3.05, 3.63) is 11.3 Å². The van der Waals surface area contributed by atoms with Crippen LogP contribution in [0.4, 0.5) is 0 Å². The van der Waals surface area contributed by atoms with Gasteiger partial charge in [-0.3, -0.25) is 4.99 Å². The molecule has 2 heteroatoms. The maximum atomic E-state index is 3.88. The minimum absolute atomic E-state index is 1.17. The lowest BCUT2D eigenvalue weighted by Gasteiger charge is -1.99. The van der Waals surface area contributed by atoms with Crippen molar-refractivity contribution in [2.45, 2.75) is 13.8 Å². The molecule has 0 aliphatic carbocycles. The fraction of sp³-hybridized carbons (Fsp3) is 0.571. The molecule has 0 fully saturated rings. The molecule has 0 unspecified atom stereocenters. The zero-order chi connectivity index (χ0) is 7.28. The van der Waals surface area contributed by atoms with E-state index in [0.29, 0.717) is 0 Å². The van der Waals surface area contributed by atoms with Gasteiger partial charge in [-0.05, 0) is 19.4 Å². The van der Waals surface area contributed by atoms with Gasteiger partial charge in [-0.25, -0.2) is 0 Å². The normalized spacial score (nSPS) is 13.8. The molecule has 0 saturated carbocycles. The summed E-state index contributed by atoms with van der Waals surface area (Å²) in [4.78, 5) is 3.88. The Morgan fingerprint density at radius 1 is 1.44 bits per heavy atom. The van der Waals surface area contributed by atoms with Crippen LogP contribution in [0.1, 0.15) is 13.8 Å². The molecule has 0 radical (unpaired) electrons. The molecule has 2 nitrogen and oxygen atoms in total. The summed E-state index contributed by atoms with van der Waals surface area (Å²) in [7, 11) is 3.68. The maximum Gasteiger partial charge on any atom is 0.0277 e. The molecule has 1 N–H and O–H groups in total. The van der Waals surface area contributed by atoms with Gasteiger partial charge in [0.15, 0.2) is 0 Å². The van der Waals surface area contributed by atoms with E-state index in [0.717, 1.165) is 0 Å². The molecule has 52 valence electrons. The van der Waals surface area contributed by atoms with E-state index >= 15 is 0 Å². The second kappa shape index (κ2) is 4.13. The van der Waals surface area contributed by atoms with Crippen molar-refractivity contribution >= 4 is 6.21 Å². The lowest BCUT2D eigenvalue weighted by atomic mass is 10.3. The minimum atomic E-state index is 1.17. The highest BCUT2D eigenvalue weighted by molar-refractivity contribution is 5.78. The molecule has 0 aromatic carbocycles. The van der Waals surface area contributed by atoms with Gasteiger partial charge in [0.2, 0.25) is 0 Å². The van der Waals surface area contributed by atoms with Crippen LogP contribution in [0.5, 0.6) is 0 Å². The van der Waals surface area contributed by atoms with E-state index in [2.05, 4.69) is 10.3 Å². The van der Waals surface area contributed by atoms with E-state index < -0.39 is 0 Å². The molecule has 9 heavy (non-hydrogen) atoms. The van der Waals surface area contributed by atoms with Gasteiger partial charge in [0, 0.05) is 26.0 Å². The van der Waals surface area contributed by atoms with Crippen LogP contribution in [0, 0.1) is 0 Å². The molecule has 0 aliphatic heterocycles. The molecule has 0 amide bonds. The number of rotatable bonds is 2. The van der Waals surface area contributed by atoms with Gasteiger partial charge >= 0.3 is 0 Å². The van der Waals surface area contributed by atoms with Crippen LogP contribution in [-0.2, 0) is 0 Å². The third kappa shape index (κ3) is 2.90. The Morgan fingerprint density at radius 2 is 2.00 bits per heavy atom. The van der Waals surface area contributed by atoms with Crippen LogP contribution in [-0.4, -0.2) is 20.3 Å². The Labute approximate surface area is 56.7 Å². The maximum absolute atomic E-state index is 3.88. The molecule has 0 heterocycles. The average molecular weight is 126 g/mol. The molecular weight excluding hydrogens is 112 g/mol. The third-order valence-electron chi connectivity index (χ3n) is 1.29. The molecule has 0 aromatic heterocycles. The van der Waals surface area contributed by atoms with Crippen molar-refractivity contribution in [3.8, 4) is 0 Å². The Hall–Kier alpha value is -0.790. The molecule has 0 aromatic rings. The van der Waals surface area contributed by atoms with Crippen molar-refractivity contribution < 1.29 is 0 Å². The number of nitrogens with one attached hydrogen (secondary N) is 1.